The van der Waals surface area contributed by atoms with Crippen molar-refractivity contribution in [2.75, 3.05) is 7.05 Å². The molecule has 5 nitrogen and oxygen atoms in total. The number of halogens is 2. The fourth-order valence-electron chi connectivity index (χ4n) is 1.82. The van der Waals surface area contributed by atoms with Crippen molar-refractivity contribution >= 4 is 26.0 Å². The van der Waals surface area contributed by atoms with E-state index < -0.39 is 15.8 Å². The SMILES string of the molecule is CN(Cc1cccc(F)c1)S(=O)(=O)c1cc(CN)oc1Br. The molecular formula is C13H14BrFN2O3S. The number of nitrogens with zero attached hydrogens (tertiary/aromatic N) is 1. The fourth-order valence-corrected chi connectivity index (χ4v) is 3.94. The van der Waals surface area contributed by atoms with Crippen molar-refractivity contribution in [1.82, 2.24) is 4.31 Å². The molecule has 0 aliphatic rings. The number of rotatable bonds is 5. The molecule has 8 heteroatoms. The summed E-state index contributed by atoms with van der Waals surface area (Å²) in [4.78, 5) is 0.00172. The number of benzene rings is 1. The second-order valence-corrected chi connectivity index (χ2v) is 7.18. The molecule has 0 fully saturated rings. The Labute approximate surface area is 130 Å². The molecule has 0 aliphatic heterocycles. The minimum Gasteiger partial charge on any atom is -0.452 e. The van der Waals surface area contributed by atoms with E-state index in [-0.39, 0.29) is 22.7 Å². The Morgan fingerprint density at radius 1 is 1.38 bits per heavy atom. The minimum atomic E-state index is -3.76. The van der Waals surface area contributed by atoms with Gasteiger partial charge in [0.25, 0.3) is 0 Å². The molecule has 0 unspecified atom stereocenters. The summed E-state index contributed by atoms with van der Waals surface area (Å²) in [6.07, 6.45) is 0. The zero-order valence-corrected chi connectivity index (χ0v) is 13.6. The maximum Gasteiger partial charge on any atom is 0.247 e. The Morgan fingerprint density at radius 3 is 2.67 bits per heavy atom. The predicted octanol–water partition coefficient (Wildman–Crippen LogP) is 2.46. The van der Waals surface area contributed by atoms with Crippen LogP contribution in [0.25, 0.3) is 0 Å². The second-order valence-electron chi connectivity index (χ2n) is 4.45. The van der Waals surface area contributed by atoms with Gasteiger partial charge in [0, 0.05) is 19.7 Å². The molecule has 2 N–H and O–H groups in total. The van der Waals surface area contributed by atoms with Crippen molar-refractivity contribution < 1.29 is 17.2 Å². The minimum absolute atomic E-state index is 0.00172. The van der Waals surface area contributed by atoms with Crippen LogP contribution in [0.5, 0.6) is 0 Å². The average Bonchev–Trinajstić information content (AvgIpc) is 2.80. The first kappa shape index (κ1) is 16.2. The van der Waals surface area contributed by atoms with Gasteiger partial charge in [-0.05, 0) is 33.6 Å². The van der Waals surface area contributed by atoms with Crippen LogP contribution in [0.2, 0.25) is 0 Å². The van der Waals surface area contributed by atoms with E-state index in [0.29, 0.717) is 11.3 Å². The number of nitrogens with two attached hydrogens (primary N) is 1. The van der Waals surface area contributed by atoms with E-state index in [0.717, 1.165) is 4.31 Å². The first-order valence-corrected chi connectivity index (χ1v) is 8.27. The standard InChI is InChI=1S/C13H14BrFN2O3S/c1-17(8-9-3-2-4-10(15)5-9)21(18,19)12-6-11(7-16)20-13(12)14/h2-6H,7-8,16H2,1H3. The molecule has 0 atom stereocenters. The zero-order chi connectivity index (χ0) is 15.6. The molecule has 21 heavy (non-hydrogen) atoms. The summed E-state index contributed by atoms with van der Waals surface area (Å²) < 4.78 is 44.5. The van der Waals surface area contributed by atoms with Gasteiger partial charge in [0.15, 0.2) is 4.67 Å². The molecule has 0 bridgehead atoms. The maximum atomic E-state index is 13.1. The van der Waals surface area contributed by atoms with Gasteiger partial charge in [0.05, 0.1) is 6.54 Å². The Hall–Kier alpha value is -1.22. The van der Waals surface area contributed by atoms with Gasteiger partial charge in [-0.2, -0.15) is 4.31 Å². The lowest BCUT2D eigenvalue weighted by molar-refractivity contribution is 0.457. The number of sulfonamides is 1. The van der Waals surface area contributed by atoms with Gasteiger partial charge < -0.3 is 10.2 Å². The van der Waals surface area contributed by atoms with E-state index in [9.17, 15) is 12.8 Å². The van der Waals surface area contributed by atoms with Crippen molar-refractivity contribution in [3.05, 3.63) is 52.1 Å². The van der Waals surface area contributed by atoms with E-state index >= 15 is 0 Å². The summed E-state index contributed by atoms with van der Waals surface area (Å²) >= 11 is 3.07. The molecule has 0 spiro atoms. The lowest BCUT2D eigenvalue weighted by atomic mass is 10.2. The second kappa shape index (κ2) is 6.27. The van der Waals surface area contributed by atoms with Gasteiger partial charge in [-0.1, -0.05) is 12.1 Å². The van der Waals surface area contributed by atoms with Crippen LogP contribution in [0.4, 0.5) is 4.39 Å². The monoisotopic (exact) mass is 376 g/mol. The van der Waals surface area contributed by atoms with E-state index in [1.54, 1.807) is 6.07 Å². The lowest BCUT2D eigenvalue weighted by Gasteiger charge is -2.16. The number of furan rings is 1. The number of hydrogen-bond acceptors (Lipinski definition) is 4. The summed E-state index contributed by atoms with van der Waals surface area (Å²) in [5, 5.41) is 0. The largest absolute Gasteiger partial charge is 0.452 e. The molecule has 1 aromatic heterocycles. The van der Waals surface area contributed by atoms with Crippen LogP contribution < -0.4 is 5.73 Å². The first-order chi connectivity index (χ1) is 9.84. The fraction of sp³-hybridized carbons (Fsp3) is 0.231. The molecule has 0 aliphatic carbocycles. The molecule has 1 aromatic carbocycles. The highest BCUT2D eigenvalue weighted by molar-refractivity contribution is 9.10. The van der Waals surface area contributed by atoms with Crippen LogP contribution in [0, 0.1) is 5.82 Å². The molecule has 2 aromatic rings. The summed E-state index contributed by atoms with van der Waals surface area (Å²) in [7, 11) is -2.34. The van der Waals surface area contributed by atoms with E-state index in [1.165, 1.54) is 31.3 Å². The molecule has 2 rings (SSSR count). The van der Waals surface area contributed by atoms with Gasteiger partial charge in [0.1, 0.15) is 16.5 Å². The first-order valence-electron chi connectivity index (χ1n) is 6.03. The molecule has 0 amide bonds. The van der Waals surface area contributed by atoms with Crippen LogP contribution in [-0.2, 0) is 23.1 Å². The summed E-state index contributed by atoms with van der Waals surface area (Å²) in [6.45, 7) is 0.150. The molecule has 114 valence electrons. The number of hydrogen-bond donors (Lipinski definition) is 1. The summed E-state index contributed by atoms with van der Waals surface area (Å²) in [5.41, 5.74) is 5.98. The van der Waals surface area contributed by atoms with Gasteiger partial charge in [0.2, 0.25) is 10.0 Å². The Morgan fingerprint density at radius 2 is 2.10 bits per heavy atom. The van der Waals surface area contributed by atoms with E-state index in [1.807, 2.05) is 0 Å². The topological polar surface area (TPSA) is 76.5 Å². The average molecular weight is 377 g/mol. The van der Waals surface area contributed by atoms with Crippen LogP contribution in [0.3, 0.4) is 0 Å². The Kier molecular flexibility index (Phi) is 4.82. The smallest absolute Gasteiger partial charge is 0.247 e. The van der Waals surface area contributed by atoms with Crippen molar-refractivity contribution in [2.45, 2.75) is 18.0 Å². The molecule has 1 heterocycles. The highest BCUT2D eigenvalue weighted by Crippen LogP contribution is 2.28. The zero-order valence-electron chi connectivity index (χ0n) is 11.2. The lowest BCUT2D eigenvalue weighted by Crippen LogP contribution is -2.26. The van der Waals surface area contributed by atoms with E-state index in [2.05, 4.69) is 15.9 Å². The Bertz CT molecular complexity index is 746. The van der Waals surface area contributed by atoms with Gasteiger partial charge in [-0.3, -0.25) is 0 Å². The predicted molar refractivity (Wildman–Crippen MR) is 79.4 cm³/mol. The summed E-state index contributed by atoms with van der Waals surface area (Å²) in [6, 6.07) is 7.16. The van der Waals surface area contributed by atoms with Crippen molar-refractivity contribution in [1.29, 1.82) is 0 Å². The van der Waals surface area contributed by atoms with Gasteiger partial charge in [-0.25, -0.2) is 12.8 Å². The van der Waals surface area contributed by atoms with Gasteiger partial charge >= 0.3 is 0 Å². The molecule has 0 saturated heterocycles. The Balaban J connectivity index is 2.28. The van der Waals surface area contributed by atoms with Crippen LogP contribution >= 0.6 is 15.9 Å². The molecular weight excluding hydrogens is 363 g/mol. The van der Waals surface area contributed by atoms with Crippen LogP contribution in [-0.4, -0.2) is 19.8 Å². The maximum absolute atomic E-state index is 13.1. The van der Waals surface area contributed by atoms with Crippen molar-refractivity contribution in [3.63, 3.8) is 0 Å². The normalized spacial score (nSPS) is 12.0. The van der Waals surface area contributed by atoms with Crippen LogP contribution in [0.1, 0.15) is 11.3 Å². The van der Waals surface area contributed by atoms with Crippen molar-refractivity contribution in [2.24, 2.45) is 5.73 Å². The van der Waals surface area contributed by atoms with Gasteiger partial charge in [-0.15, -0.1) is 0 Å². The quantitative estimate of drug-likeness (QED) is 0.869. The van der Waals surface area contributed by atoms with Crippen molar-refractivity contribution in [3.8, 4) is 0 Å². The summed E-state index contributed by atoms with van der Waals surface area (Å²) in [5.74, 6) is -0.0483. The third-order valence-electron chi connectivity index (χ3n) is 2.89. The highest BCUT2D eigenvalue weighted by Gasteiger charge is 2.27. The molecule has 0 radical (unpaired) electrons. The van der Waals surface area contributed by atoms with Crippen LogP contribution in [0.15, 0.2) is 44.3 Å². The highest BCUT2D eigenvalue weighted by atomic mass is 79.9. The third-order valence-corrected chi connectivity index (χ3v) is 5.55. The molecule has 0 saturated carbocycles. The third kappa shape index (κ3) is 3.52. The van der Waals surface area contributed by atoms with E-state index in [4.69, 9.17) is 10.2 Å².